The van der Waals surface area contributed by atoms with Gasteiger partial charge in [0.25, 0.3) is 11.8 Å². The second-order valence-electron chi connectivity index (χ2n) is 21.2. The molecule has 72 heavy (non-hydrogen) atoms. The Bertz CT molecular complexity index is 2790. The number of fused-ring (bicyclic) bond motifs is 6. The summed E-state index contributed by atoms with van der Waals surface area (Å²) in [6.45, 7) is 12.6. The third-order valence-electron chi connectivity index (χ3n) is 14.7. The molecule has 0 saturated carbocycles. The number of methoxy groups -OCH3 is 1. The molecule has 2 aromatic carbocycles. The molecule has 6 bridgehead atoms. The third-order valence-corrected chi connectivity index (χ3v) is 14.7. The normalized spacial score (nSPS) is 21.3. The van der Waals surface area contributed by atoms with Gasteiger partial charge in [0.2, 0.25) is 11.8 Å². The molecule has 8 rings (SSSR count). The number of nitrogens with zero attached hydrogens (tertiary/aromatic N) is 6. The summed E-state index contributed by atoms with van der Waals surface area (Å²) >= 11 is 0. The number of benzene rings is 2. The van der Waals surface area contributed by atoms with E-state index in [1.54, 1.807) is 37.4 Å². The van der Waals surface area contributed by atoms with Crippen LogP contribution in [0.4, 0.5) is 0 Å². The monoisotopic (exact) mass is 987 g/mol. The largest absolute Gasteiger partial charge is 0.508 e. The molecule has 4 aliphatic heterocycles. The van der Waals surface area contributed by atoms with Crippen LogP contribution >= 0.6 is 0 Å². The molecule has 4 aromatic rings. The van der Waals surface area contributed by atoms with Crippen LogP contribution in [-0.4, -0.2) is 155 Å². The predicted molar refractivity (Wildman–Crippen MR) is 272 cm³/mol. The van der Waals surface area contributed by atoms with Crippen molar-refractivity contribution in [2.45, 2.75) is 104 Å². The van der Waals surface area contributed by atoms with Crippen LogP contribution < -0.4 is 10.7 Å². The molecule has 1 unspecified atom stereocenters. The van der Waals surface area contributed by atoms with E-state index in [0.29, 0.717) is 69.7 Å². The van der Waals surface area contributed by atoms with Gasteiger partial charge in [-0.3, -0.25) is 38.9 Å². The number of hydrogen-bond donors (Lipinski definition) is 3. The Morgan fingerprint density at radius 1 is 1.03 bits per heavy atom. The smallest absolute Gasteiger partial charge is 0.324 e. The maximum absolute atomic E-state index is 14.8. The van der Waals surface area contributed by atoms with E-state index in [-0.39, 0.29) is 49.6 Å². The summed E-state index contributed by atoms with van der Waals surface area (Å²) in [5.74, 6) is 2.74. The Hall–Kier alpha value is -6.32. The summed E-state index contributed by atoms with van der Waals surface area (Å²) in [5, 5.41) is 16.8. The van der Waals surface area contributed by atoms with Gasteiger partial charge < -0.3 is 39.0 Å². The number of aromatic nitrogens is 2. The molecule has 384 valence electrons. The number of ether oxygens (including phenoxy) is 3. The van der Waals surface area contributed by atoms with Gasteiger partial charge in [0.1, 0.15) is 29.4 Å². The molecule has 6 heterocycles. The Morgan fingerprint density at radius 2 is 1.81 bits per heavy atom. The van der Waals surface area contributed by atoms with Crippen molar-refractivity contribution in [3.8, 4) is 40.0 Å². The number of rotatable bonds is 10. The highest BCUT2D eigenvalue weighted by atomic mass is 16.5. The zero-order valence-corrected chi connectivity index (χ0v) is 43.2. The standard InChI is InChI=1S/C55H70N8O9/c1-10-62-46-16-15-36-27-41(46)42(49(62)40-13-11-20-56-45(40)30-70-9)28-54(4,5)31-72-53(69)43-14-12-21-63(58-43)52(68)44(25-35-23-38(36)26-39(64)24-35)57-50(66)48(34(2)3)60(8)51(67)37-18-22-61(29-37)47(65)17-19-55(59(6)7)32-71-33-55/h11,13,15-16,20,23-24,26-27,34,37,43-44,48,58,64H,10,12,14,18,21-22,25,28-33H2,1-9H3,(H,57,66)/t37-,43-,44-,48?/m0/s1. The lowest BCUT2D eigenvalue weighted by molar-refractivity contribution is -0.155. The number of phenols is 1. The van der Waals surface area contributed by atoms with E-state index in [2.05, 4.69) is 66.1 Å². The quantitative estimate of drug-likeness (QED) is 0.149. The summed E-state index contributed by atoms with van der Waals surface area (Å²) in [4.78, 5) is 80.6. The maximum Gasteiger partial charge on any atom is 0.324 e. The SMILES string of the molecule is CCn1c(-c2cccnc2COC)c2c3cc(ccc31)-c1cc(O)cc(c1)C[C@H](NC(=O)C(C(C)C)N(C)C(=O)[C@H]1CCN(C(=O)C#CC3(N(C)C)COC3)C1)C(=O)N1CCC[C@H](N1)C(=O)OCC(C)(C)C2. The van der Waals surface area contributed by atoms with E-state index in [1.807, 2.05) is 51.0 Å². The summed E-state index contributed by atoms with van der Waals surface area (Å²) in [5.41, 5.74) is 8.98. The number of hydrazine groups is 1. The number of carbonyl (C=O) groups is 5. The minimum absolute atomic E-state index is 0.0177. The first-order chi connectivity index (χ1) is 34.3. The second kappa shape index (κ2) is 21.4. The van der Waals surface area contributed by atoms with E-state index in [9.17, 15) is 29.1 Å². The highest BCUT2D eigenvalue weighted by Crippen LogP contribution is 2.41. The number of amides is 4. The average Bonchev–Trinajstić information content (AvgIpc) is 3.95. The van der Waals surface area contributed by atoms with Crippen molar-refractivity contribution in [3.63, 3.8) is 0 Å². The Morgan fingerprint density at radius 3 is 2.50 bits per heavy atom. The van der Waals surface area contributed by atoms with Crippen molar-refractivity contribution in [1.82, 2.24) is 40.0 Å². The molecule has 4 atom stereocenters. The maximum atomic E-state index is 14.8. The van der Waals surface area contributed by atoms with Crippen LogP contribution in [0.5, 0.6) is 5.75 Å². The number of carbonyl (C=O) groups excluding carboxylic acids is 5. The van der Waals surface area contributed by atoms with Crippen LogP contribution in [0.2, 0.25) is 0 Å². The van der Waals surface area contributed by atoms with E-state index >= 15 is 0 Å². The molecule has 17 nitrogen and oxygen atoms in total. The van der Waals surface area contributed by atoms with Gasteiger partial charge in [0.05, 0.1) is 43.7 Å². The fraction of sp³-hybridized carbons (Fsp3) is 0.527. The number of pyridine rings is 1. The van der Waals surface area contributed by atoms with E-state index in [1.165, 1.54) is 9.91 Å². The van der Waals surface area contributed by atoms with Crippen molar-refractivity contribution >= 4 is 40.5 Å². The summed E-state index contributed by atoms with van der Waals surface area (Å²) in [7, 11) is 7.03. The van der Waals surface area contributed by atoms with Gasteiger partial charge in [0.15, 0.2) is 0 Å². The highest BCUT2D eigenvalue weighted by Gasteiger charge is 2.42. The van der Waals surface area contributed by atoms with Gasteiger partial charge in [-0.2, -0.15) is 0 Å². The van der Waals surface area contributed by atoms with Gasteiger partial charge in [-0.1, -0.05) is 45.7 Å². The number of nitrogens with one attached hydrogen (secondary N) is 2. The third kappa shape index (κ3) is 10.7. The summed E-state index contributed by atoms with van der Waals surface area (Å²) < 4.78 is 19.4. The van der Waals surface area contributed by atoms with E-state index in [4.69, 9.17) is 19.2 Å². The molecule has 4 amide bonds. The van der Waals surface area contributed by atoms with Crippen LogP contribution in [0.15, 0.2) is 54.7 Å². The molecular weight excluding hydrogens is 917 g/mol. The molecule has 17 heteroatoms. The van der Waals surface area contributed by atoms with Gasteiger partial charge in [0, 0.05) is 74.8 Å². The van der Waals surface area contributed by atoms with Crippen molar-refractivity contribution < 1.29 is 43.3 Å². The van der Waals surface area contributed by atoms with Crippen LogP contribution in [0.25, 0.3) is 33.3 Å². The van der Waals surface area contributed by atoms with Crippen LogP contribution in [0, 0.1) is 29.1 Å². The van der Waals surface area contributed by atoms with E-state index < -0.39 is 52.8 Å². The molecular formula is C55H70N8O9. The second-order valence-corrected chi connectivity index (χ2v) is 21.2. The lowest BCUT2D eigenvalue weighted by atomic mass is 9.84. The van der Waals surface area contributed by atoms with Crippen molar-refractivity contribution in [3.05, 3.63) is 71.5 Å². The minimum atomic E-state index is -1.18. The first kappa shape index (κ1) is 52.0. The predicted octanol–water partition coefficient (Wildman–Crippen LogP) is 4.56. The number of cyclic esters (lactones) is 1. The fourth-order valence-electron chi connectivity index (χ4n) is 10.7. The first-order valence-electron chi connectivity index (χ1n) is 25.1. The molecule has 3 N–H and O–H groups in total. The van der Waals surface area contributed by atoms with Crippen molar-refractivity contribution in [1.29, 1.82) is 0 Å². The number of likely N-dealkylation sites (N-methyl/N-ethyl adjacent to an activating group) is 2. The molecule has 3 fully saturated rings. The number of aromatic hydroxyl groups is 1. The number of esters is 1. The number of likely N-dealkylation sites (tertiary alicyclic amines) is 1. The lowest BCUT2D eigenvalue weighted by Gasteiger charge is -2.42. The van der Waals surface area contributed by atoms with Gasteiger partial charge in [-0.25, -0.2) is 5.43 Å². The molecule has 2 aromatic heterocycles. The van der Waals surface area contributed by atoms with Gasteiger partial charge >= 0.3 is 5.97 Å². The topological polar surface area (TPSA) is 188 Å². The molecule has 0 radical (unpaired) electrons. The van der Waals surface area contributed by atoms with Crippen molar-refractivity contribution in [2.24, 2.45) is 17.3 Å². The molecule has 3 saturated heterocycles. The summed E-state index contributed by atoms with van der Waals surface area (Å²) in [6, 6.07) is 12.4. The fourth-order valence-corrected chi connectivity index (χ4v) is 10.7. The summed E-state index contributed by atoms with van der Waals surface area (Å²) in [6.07, 6.45) is 3.62. The lowest BCUT2D eigenvalue weighted by Crippen LogP contribution is -2.62. The minimum Gasteiger partial charge on any atom is -0.508 e. The molecule has 0 aliphatic carbocycles. The Balaban J connectivity index is 1.12. The average molecular weight is 987 g/mol. The number of aryl methyl sites for hydroxylation is 1. The zero-order valence-electron chi connectivity index (χ0n) is 43.2. The zero-order chi connectivity index (χ0) is 51.6. The van der Waals surface area contributed by atoms with Crippen LogP contribution in [0.3, 0.4) is 0 Å². The number of hydrogen-bond acceptors (Lipinski definition) is 12. The first-order valence-corrected chi connectivity index (χ1v) is 25.1. The number of phenolic OH excluding ortho intramolecular Hbond substituents is 1. The highest BCUT2D eigenvalue weighted by molar-refractivity contribution is 5.97. The van der Waals surface area contributed by atoms with Crippen molar-refractivity contribution in [2.75, 3.05) is 67.7 Å². The van der Waals surface area contributed by atoms with Crippen LogP contribution in [-0.2, 0) is 64.2 Å². The van der Waals surface area contributed by atoms with Crippen LogP contribution in [0.1, 0.15) is 70.7 Å². The molecule has 4 aliphatic rings. The van der Waals surface area contributed by atoms with Gasteiger partial charge in [-0.15, -0.1) is 0 Å². The van der Waals surface area contributed by atoms with Gasteiger partial charge in [-0.05, 0) is 117 Å². The molecule has 0 spiro atoms. The Kier molecular flexibility index (Phi) is 15.5. The Labute approximate surface area is 422 Å². The van der Waals surface area contributed by atoms with E-state index in [0.717, 1.165) is 39.0 Å².